The molecular weight excluding hydrogens is 508 g/mol. The highest BCUT2D eigenvalue weighted by Gasteiger charge is 2.28. The van der Waals surface area contributed by atoms with Crippen LogP contribution in [0.3, 0.4) is 0 Å². The highest BCUT2D eigenvalue weighted by molar-refractivity contribution is 6.11. The van der Waals surface area contributed by atoms with Gasteiger partial charge in [0.2, 0.25) is 0 Å². The van der Waals surface area contributed by atoms with Crippen LogP contribution in [0.25, 0.3) is 11.0 Å². The predicted molar refractivity (Wildman–Crippen MR) is 151 cm³/mol. The van der Waals surface area contributed by atoms with E-state index in [0.29, 0.717) is 53.2 Å². The summed E-state index contributed by atoms with van der Waals surface area (Å²) >= 11 is 0. The minimum absolute atomic E-state index is 0.161. The number of nitrogens with zero attached hydrogens (tertiary/aromatic N) is 5. The van der Waals surface area contributed by atoms with Gasteiger partial charge in [-0.05, 0) is 39.2 Å². The lowest BCUT2D eigenvalue weighted by Gasteiger charge is -2.35. The fraction of sp³-hybridized carbons (Fsp3) is 0.345. The van der Waals surface area contributed by atoms with Gasteiger partial charge in [0, 0.05) is 37.7 Å². The lowest BCUT2D eigenvalue weighted by Crippen LogP contribution is -2.49. The number of nitrogens with one attached hydrogen (secondary N) is 3. The quantitative estimate of drug-likeness (QED) is 0.329. The van der Waals surface area contributed by atoms with Crippen LogP contribution in [0.1, 0.15) is 55.1 Å². The van der Waals surface area contributed by atoms with E-state index in [-0.39, 0.29) is 11.9 Å². The first kappa shape index (κ1) is 26.7. The van der Waals surface area contributed by atoms with Crippen LogP contribution in [0.15, 0.2) is 55.1 Å². The van der Waals surface area contributed by atoms with Gasteiger partial charge in [-0.25, -0.2) is 9.78 Å². The molecule has 3 aromatic heterocycles. The SMILES string of the molecule is CC(C)(C)OC(=O)NC1CCCN(c2c(C#N)cnc3[nH]cc(NC(=O)c4cnn(Cc5ccccc5)c4)c23)C1. The number of alkyl carbamates (subject to hydrolysis) is 1. The number of anilines is 2. The number of carbonyl (C=O) groups is 2. The Morgan fingerprint density at radius 1 is 1.23 bits per heavy atom. The first-order chi connectivity index (χ1) is 19.2. The fourth-order valence-electron chi connectivity index (χ4n) is 4.89. The molecule has 0 saturated carbocycles. The van der Waals surface area contributed by atoms with Crippen molar-refractivity contribution in [3.05, 3.63) is 71.8 Å². The van der Waals surface area contributed by atoms with Crippen LogP contribution in [0.4, 0.5) is 16.2 Å². The Hall–Kier alpha value is -4.85. The second-order valence-corrected chi connectivity index (χ2v) is 10.9. The zero-order valence-electron chi connectivity index (χ0n) is 22.8. The minimum atomic E-state index is -0.597. The van der Waals surface area contributed by atoms with E-state index in [4.69, 9.17) is 4.74 Å². The first-order valence-corrected chi connectivity index (χ1v) is 13.2. The maximum absolute atomic E-state index is 13.2. The van der Waals surface area contributed by atoms with E-state index in [1.54, 1.807) is 17.1 Å². The van der Waals surface area contributed by atoms with Crippen molar-refractivity contribution in [2.75, 3.05) is 23.3 Å². The largest absolute Gasteiger partial charge is 0.444 e. The van der Waals surface area contributed by atoms with E-state index in [1.807, 2.05) is 51.1 Å². The third kappa shape index (κ3) is 6.07. The summed E-state index contributed by atoms with van der Waals surface area (Å²) in [6, 6.07) is 12.0. The third-order valence-electron chi connectivity index (χ3n) is 6.58. The van der Waals surface area contributed by atoms with Crippen molar-refractivity contribution in [1.29, 1.82) is 5.26 Å². The van der Waals surface area contributed by atoms with Gasteiger partial charge in [-0.3, -0.25) is 9.48 Å². The van der Waals surface area contributed by atoms with Crippen LogP contribution in [-0.2, 0) is 11.3 Å². The average Bonchev–Trinajstić information content (AvgIpc) is 3.55. The first-order valence-electron chi connectivity index (χ1n) is 13.2. The molecule has 0 aliphatic carbocycles. The number of carbonyl (C=O) groups excluding carboxylic acids is 2. The molecule has 11 heteroatoms. The zero-order valence-corrected chi connectivity index (χ0v) is 22.8. The number of hydrogen-bond donors (Lipinski definition) is 3. The summed E-state index contributed by atoms with van der Waals surface area (Å²) in [5.41, 5.74) is 3.00. The molecule has 1 atom stereocenters. The predicted octanol–water partition coefficient (Wildman–Crippen LogP) is 4.43. The Morgan fingerprint density at radius 2 is 2.02 bits per heavy atom. The Bertz CT molecular complexity index is 1560. The molecule has 40 heavy (non-hydrogen) atoms. The summed E-state index contributed by atoms with van der Waals surface area (Å²) in [7, 11) is 0. The van der Waals surface area contributed by atoms with Crippen molar-refractivity contribution in [2.24, 2.45) is 0 Å². The van der Waals surface area contributed by atoms with E-state index >= 15 is 0 Å². The fourth-order valence-corrected chi connectivity index (χ4v) is 4.89. The van der Waals surface area contributed by atoms with Gasteiger partial charge in [0.15, 0.2) is 0 Å². The maximum atomic E-state index is 13.2. The monoisotopic (exact) mass is 540 g/mol. The summed E-state index contributed by atoms with van der Waals surface area (Å²) < 4.78 is 7.15. The smallest absolute Gasteiger partial charge is 0.407 e. The van der Waals surface area contributed by atoms with E-state index in [9.17, 15) is 14.9 Å². The second-order valence-electron chi connectivity index (χ2n) is 10.9. The molecule has 3 N–H and O–H groups in total. The molecule has 1 aliphatic heterocycles. The molecule has 1 fully saturated rings. The number of H-pyrrole nitrogens is 1. The van der Waals surface area contributed by atoms with Crippen LogP contribution in [0.5, 0.6) is 0 Å². The van der Waals surface area contributed by atoms with Gasteiger partial charge >= 0.3 is 6.09 Å². The second kappa shape index (κ2) is 11.1. The molecule has 5 rings (SSSR count). The number of aromatic nitrogens is 4. The molecule has 206 valence electrons. The van der Waals surface area contributed by atoms with Gasteiger partial charge in [-0.15, -0.1) is 0 Å². The summed E-state index contributed by atoms with van der Waals surface area (Å²) in [5.74, 6) is -0.323. The highest BCUT2D eigenvalue weighted by Crippen LogP contribution is 2.36. The molecule has 11 nitrogen and oxygen atoms in total. The van der Waals surface area contributed by atoms with Crippen LogP contribution < -0.4 is 15.5 Å². The normalized spacial score (nSPS) is 15.4. The lowest BCUT2D eigenvalue weighted by atomic mass is 10.0. The van der Waals surface area contributed by atoms with E-state index in [2.05, 4.69) is 36.7 Å². The molecule has 0 bridgehead atoms. The van der Waals surface area contributed by atoms with Crippen LogP contribution in [-0.4, -0.2) is 56.5 Å². The number of amides is 2. The van der Waals surface area contributed by atoms with Crippen molar-refractivity contribution in [2.45, 2.75) is 51.8 Å². The summed E-state index contributed by atoms with van der Waals surface area (Å²) in [6.07, 6.45) is 7.56. The van der Waals surface area contributed by atoms with Crippen molar-refractivity contribution in [3.63, 3.8) is 0 Å². The molecular formula is C29H32N8O3. The zero-order chi connectivity index (χ0) is 28.3. The van der Waals surface area contributed by atoms with Crippen LogP contribution in [0, 0.1) is 11.3 Å². The topological polar surface area (TPSA) is 141 Å². The maximum Gasteiger partial charge on any atom is 0.407 e. The molecule has 0 spiro atoms. The van der Waals surface area contributed by atoms with Gasteiger partial charge < -0.3 is 25.3 Å². The Kier molecular flexibility index (Phi) is 7.42. The number of rotatable bonds is 6. The molecule has 1 aromatic carbocycles. The molecule has 1 unspecified atom stereocenters. The van der Waals surface area contributed by atoms with Gasteiger partial charge in [0.1, 0.15) is 17.3 Å². The number of piperidine rings is 1. The van der Waals surface area contributed by atoms with E-state index in [0.717, 1.165) is 18.4 Å². The van der Waals surface area contributed by atoms with E-state index in [1.165, 1.54) is 12.4 Å². The number of nitriles is 1. The third-order valence-corrected chi connectivity index (χ3v) is 6.58. The van der Waals surface area contributed by atoms with Crippen molar-refractivity contribution >= 4 is 34.4 Å². The van der Waals surface area contributed by atoms with Crippen LogP contribution >= 0.6 is 0 Å². The number of ether oxygens (including phenoxy) is 1. The molecule has 1 saturated heterocycles. The standard InChI is InChI=1S/C29H32N8O3/c1-29(2,3)40-28(39)34-22-10-7-11-36(18-22)25-20(12-30)13-31-26-24(25)23(15-32-26)35-27(38)21-14-33-37(17-21)16-19-8-5-4-6-9-19/h4-6,8-9,13-15,17,22H,7,10-11,16,18H2,1-3H3,(H,31,32)(H,34,39)(H,35,38). The molecule has 0 radical (unpaired) electrons. The Labute approximate surface area is 232 Å². The molecule has 4 aromatic rings. The van der Waals surface area contributed by atoms with Crippen molar-refractivity contribution < 1.29 is 14.3 Å². The Morgan fingerprint density at radius 3 is 2.77 bits per heavy atom. The molecule has 2 amide bonds. The van der Waals surface area contributed by atoms with Crippen molar-refractivity contribution in [1.82, 2.24) is 25.1 Å². The average molecular weight is 541 g/mol. The van der Waals surface area contributed by atoms with Gasteiger partial charge in [0.25, 0.3) is 5.91 Å². The summed E-state index contributed by atoms with van der Waals surface area (Å²) in [4.78, 5) is 35.2. The summed E-state index contributed by atoms with van der Waals surface area (Å²) in [5, 5.41) is 20.8. The van der Waals surface area contributed by atoms with E-state index < -0.39 is 11.7 Å². The minimum Gasteiger partial charge on any atom is -0.444 e. The molecule has 4 heterocycles. The van der Waals surface area contributed by atoms with Gasteiger partial charge in [0.05, 0.1) is 40.6 Å². The lowest BCUT2D eigenvalue weighted by molar-refractivity contribution is 0.0500. The number of hydrogen-bond acceptors (Lipinski definition) is 7. The van der Waals surface area contributed by atoms with Crippen molar-refractivity contribution in [3.8, 4) is 6.07 Å². The number of pyridine rings is 1. The number of aromatic amines is 1. The Balaban J connectivity index is 1.38. The highest BCUT2D eigenvalue weighted by atomic mass is 16.6. The van der Waals surface area contributed by atoms with Gasteiger partial charge in [-0.2, -0.15) is 10.4 Å². The van der Waals surface area contributed by atoms with Crippen LogP contribution in [0.2, 0.25) is 0 Å². The number of benzene rings is 1. The van der Waals surface area contributed by atoms with Gasteiger partial charge in [-0.1, -0.05) is 30.3 Å². The molecule has 1 aliphatic rings. The number of fused-ring (bicyclic) bond motifs is 1. The summed E-state index contributed by atoms with van der Waals surface area (Å²) in [6.45, 7) is 7.19.